The summed E-state index contributed by atoms with van der Waals surface area (Å²) >= 11 is 12.1. The predicted molar refractivity (Wildman–Crippen MR) is 122 cm³/mol. The van der Waals surface area contributed by atoms with Crippen molar-refractivity contribution in [3.8, 4) is 11.3 Å². The van der Waals surface area contributed by atoms with E-state index in [1.54, 1.807) is 29.3 Å². The molecule has 0 radical (unpaired) electrons. The van der Waals surface area contributed by atoms with Crippen LogP contribution in [0, 0.1) is 10.1 Å². The molecule has 2 heterocycles. The number of hydrogen-bond donors (Lipinski definition) is 0. The number of carbonyl (C=O) groups excluding carboxylic acids is 1. The second-order valence-corrected chi connectivity index (χ2v) is 8.20. The Balaban J connectivity index is 1.32. The fourth-order valence-electron chi connectivity index (χ4n) is 3.69. The molecule has 0 N–H and O–H groups in total. The van der Waals surface area contributed by atoms with Gasteiger partial charge in [0.1, 0.15) is 5.69 Å². The van der Waals surface area contributed by atoms with E-state index in [0.717, 1.165) is 5.56 Å². The molecule has 1 saturated heterocycles. The summed E-state index contributed by atoms with van der Waals surface area (Å²) in [7, 11) is 0. The number of anilines is 1. The van der Waals surface area contributed by atoms with Crippen LogP contribution in [0.5, 0.6) is 0 Å². The van der Waals surface area contributed by atoms with Crippen molar-refractivity contribution in [2.75, 3.05) is 31.1 Å². The normalized spacial score (nSPS) is 13.9. The SMILES string of the molecule is O=C(CCc1ncc(-c2ccccc2Cl)o1)N1CCN(c2ccc(Cl)cc2[N+](=O)[O-])CC1. The Labute approximate surface area is 194 Å². The van der Waals surface area contributed by atoms with Gasteiger partial charge in [0.2, 0.25) is 5.91 Å². The highest BCUT2D eigenvalue weighted by Gasteiger charge is 2.26. The largest absolute Gasteiger partial charge is 0.441 e. The topological polar surface area (TPSA) is 92.7 Å². The standard InChI is InChI=1S/C22H20Cl2N4O4/c23-15-5-6-18(19(13-15)28(30)31)26-9-11-27(12-10-26)22(29)8-7-21-25-14-20(32-21)16-3-1-2-4-17(16)24/h1-6,13-14H,7-12H2. The van der Waals surface area contributed by atoms with Crippen LogP contribution in [0.2, 0.25) is 10.0 Å². The number of rotatable bonds is 6. The van der Waals surface area contributed by atoms with Gasteiger partial charge in [-0.1, -0.05) is 35.3 Å². The molecule has 0 bridgehead atoms. The van der Waals surface area contributed by atoms with Gasteiger partial charge >= 0.3 is 0 Å². The van der Waals surface area contributed by atoms with Crippen molar-refractivity contribution >= 4 is 40.5 Å². The number of halogens is 2. The maximum absolute atomic E-state index is 12.7. The minimum Gasteiger partial charge on any atom is -0.441 e. The van der Waals surface area contributed by atoms with Gasteiger partial charge in [0.25, 0.3) is 5.69 Å². The van der Waals surface area contributed by atoms with Crippen molar-refractivity contribution < 1.29 is 14.1 Å². The molecule has 2 aromatic carbocycles. The summed E-state index contributed by atoms with van der Waals surface area (Å²) in [6, 6.07) is 12.0. The van der Waals surface area contributed by atoms with Crippen molar-refractivity contribution in [2.45, 2.75) is 12.8 Å². The third-order valence-electron chi connectivity index (χ3n) is 5.35. The first-order valence-electron chi connectivity index (χ1n) is 10.1. The van der Waals surface area contributed by atoms with Crippen LogP contribution in [-0.4, -0.2) is 46.9 Å². The maximum atomic E-state index is 12.7. The zero-order valence-corrected chi connectivity index (χ0v) is 18.6. The molecule has 1 aliphatic heterocycles. The van der Waals surface area contributed by atoms with E-state index in [4.69, 9.17) is 27.6 Å². The van der Waals surface area contributed by atoms with Gasteiger partial charge in [-0.05, 0) is 24.3 Å². The third-order valence-corrected chi connectivity index (χ3v) is 5.92. The lowest BCUT2D eigenvalue weighted by Crippen LogP contribution is -2.49. The molecule has 1 amide bonds. The number of nitro benzene ring substituents is 1. The summed E-state index contributed by atoms with van der Waals surface area (Å²) in [5, 5.41) is 12.2. The lowest BCUT2D eigenvalue weighted by Gasteiger charge is -2.35. The highest BCUT2D eigenvalue weighted by Crippen LogP contribution is 2.32. The van der Waals surface area contributed by atoms with Crippen LogP contribution >= 0.6 is 23.2 Å². The average Bonchev–Trinajstić information content (AvgIpc) is 3.26. The molecule has 1 aromatic heterocycles. The number of amides is 1. The number of nitrogens with zero attached hydrogens (tertiary/aromatic N) is 4. The lowest BCUT2D eigenvalue weighted by atomic mass is 10.2. The van der Waals surface area contributed by atoms with Gasteiger partial charge < -0.3 is 14.2 Å². The van der Waals surface area contributed by atoms with Gasteiger partial charge in [-0.15, -0.1) is 0 Å². The summed E-state index contributed by atoms with van der Waals surface area (Å²) in [6.07, 6.45) is 2.26. The van der Waals surface area contributed by atoms with Gasteiger partial charge in [-0.2, -0.15) is 0 Å². The Morgan fingerprint density at radius 1 is 1.12 bits per heavy atom. The third kappa shape index (κ3) is 4.87. The lowest BCUT2D eigenvalue weighted by molar-refractivity contribution is -0.384. The summed E-state index contributed by atoms with van der Waals surface area (Å²) in [4.78, 5) is 31.5. The fraction of sp³-hybridized carbons (Fsp3) is 0.273. The second kappa shape index (κ2) is 9.58. The van der Waals surface area contributed by atoms with Crippen molar-refractivity contribution in [1.82, 2.24) is 9.88 Å². The first-order chi connectivity index (χ1) is 15.4. The summed E-state index contributed by atoms with van der Waals surface area (Å²) in [6.45, 7) is 1.97. The van der Waals surface area contributed by atoms with Crippen LogP contribution in [-0.2, 0) is 11.2 Å². The Morgan fingerprint density at radius 3 is 2.59 bits per heavy atom. The van der Waals surface area contributed by atoms with Gasteiger partial charge in [0, 0.05) is 55.7 Å². The van der Waals surface area contributed by atoms with E-state index in [1.165, 1.54) is 6.07 Å². The zero-order valence-electron chi connectivity index (χ0n) is 17.0. The Bertz CT molecular complexity index is 1140. The summed E-state index contributed by atoms with van der Waals surface area (Å²) in [5.74, 6) is 1.03. The Hall–Kier alpha value is -3.10. The molecule has 4 rings (SSSR count). The number of aryl methyl sites for hydroxylation is 1. The van der Waals surface area contributed by atoms with E-state index in [1.807, 2.05) is 23.1 Å². The van der Waals surface area contributed by atoms with E-state index in [2.05, 4.69) is 4.98 Å². The van der Waals surface area contributed by atoms with Crippen molar-refractivity contribution in [3.05, 3.63) is 74.7 Å². The van der Waals surface area contributed by atoms with Gasteiger partial charge in [0.15, 0.2) is 11.7 Å². The zero-order chi connectivity index (χ0) is 22.7. The van der Waals surface area contributed by atoms with Crippen molar-refractivity contribution in [2.24, 2.45) is 0 Å². The second-order valence-electron chi connectivity index (χ2n) is 7.36. The highest BCUT2D eigenvalue weighted by molar-refractivity contribution is 6.33. The molecule has 3 aromatic rings. The van der Waals surface area contributed by atoms with Crippen LogP contribution in [0.25, 0.3) is 11.3 Å². The van der Waals surface area contributed by atoms with E-state index < -0.39 is 4.92 Å². The minimum absolute atomic E-state index is 0.00671. The first kappa shape index (κ1) is 22.1. The quantitative estimate of drug-likeness (QED) is 0.374. The Kier molecular flexibility index (Phi) is 6.62. The fourth-order valence-corrected chi connectivity index (χ4v) is 4.09. The van der Waals surface area contributed by atoms with Gasteiger partial charge in [-0.3, -0.25) is 14.9 Å². The molecule has 0 unspecified atom stereocenters. The van der Waals surface area contributed by atoms with Crippen molar-refractivity contribution in [3.63, 3.8) is 0 Å². The number of nitro groups is 1. The van der Waals surface area contributed by atoms with Gasteiger partial charge in [0.05, 0.1) is 16.1 Å². The highest BCUT2D eigenvalue weighted by atomic mass is 35.5. The number of piperazine rings is 1. The number of hydrogen-bond acceptors (Lipinski definition) is 6. The molecule has 166 valence electrons. The molecule has 0 atom stereocenters. The van der Waals surface area contributed by atoms with E-state index >= 15 is 0 Å². The number of carbonyl (C=O) groups is 1. The molecule has 0 spiro atoms. The molecular formula is C22H20Cl2N4O4. The van der Waals surface area contributed by atoms with Crippen LogP contribution in [0.4, 0.5) is 11.4 Å². The molecule has 32 heavy (non-hydrogen) atoms. The monoisotopic (exact) mass is 474 g/mol. The Morgan fingerprint density at radius 2 is 1.88 bits per heavy atom. The first-order valence-corrected chi connectivity index (χ1v) is 10.8. The molecule has 10 heteroatoms. The number of benzene rings is 2. The molecule has 1 aliphatic rings. The maximum Gasteiger partial charge on any atom is 0.294 e. The van der Waals surface area contributed by atoms with Crippen molar-refractivity contribution in [1.29, 1.82) is 0 Å². The summed E-state index contributed by atoms with van der Waals surface area (Å²) in [5.41, 5.74) is 1.24. The van der Waals surface area contributed by atoms with E-state index in [-0.39, 0.29) is 18.0 Å². The van der Waals surface area contributed by atoms with E-state index in [0.29, 0.717) is 60.0 Å². The molecule has 0 aliphatic carbocycles. The molecule has 0 saturated carbocycles. The van der Waals surface area contributed by atoms with Crippen LogP contribution in [0.1, 0.15) is 12.3 Å². The average molecular weight is 475 g/mol. The smallest absolute Gasteiger partial charge is 0.294 e. The minimum atomic E-state index is -0.439. The summed E-state index contributed by atoms with van der Waals surface area (Å²) < 4.78 is 5.76. The number of oxazole rings is 1. The number of aromatic nitrogens is 1. The van der Waals surface area contributed by atoms with Crippen LogP contribution < -0.4 is 4.90 Å². The van der Waals surface area contributed by atoms with Gasteiger partial charge in [-0.25, -0.2) is 4.98 Å². The van der Waals surface area contributed by atoms with Crippen LogP contribution in [0.15, 0.2) is 53.1 Å². The predicted octanol–water partition coefficient (Wildman–Crippen LogP) is 4.84. The molecular weight excluding hydrogens is 455 g/mol. The van der Waals surface area contributed by atoms with Crippen LogP contribution in [0.3, 0.4) is 0 Å². The van der Waals surface area contributed by atoms with E-state index in [9.17, 15) is 14.9 Å². The molecule has 1 fully saturated rings. The molecule has 8 nitrogen and oxygen atoms in total.